The minimum absolute atomic E-state index is 0.0136. The number of hydrogen-bond donors (Lipinski definition) is 2. The Kier molecular flexibility index (Phi) is 5.21. The molecule has 1 aromatic rings. The van der Waals surface area contributed by atoms with Gasteiger partial charge in [0.2, 0.25) is 0 Å². The Labute approximate surface area is 124 Å². The van der Waals surface area contributed by atoms with Gasteiger partial charge in [0.05, 0.1) is 5.56 Å². The Morgan fingerprint density at radius 2 is 2.28 bits per heavy atom. The fraction of sp³-hybridized carbons (Fsp3) is 0.462. The Hall–Kier alpha value is -0.390. The number of benzene rings is 1. The van der Waals surface area contributed by atoms with Crippen LogP contribution >= 0.6 is 31.9 Å². The molecule has 0 bridgehead atoms. The van der Waals surface area contributed by atoms with Crippen molar-refractivity contribution in [2.75, 3.05) is 19.6 Å². The highest BCUT2D eigenvalue weighted by atomic mass is 79.9. The number of nitrogens with one attached hydrogen (secondary N) is 2. The van der Waals surface area contributed by atoms with E-state index in [1.165, 1.54) is 6.42 Å². The molecule has 2 N–H and O–H groups in total. The van der Waals surface area contributed by atoms with Crippen LogP contribution in [-0.4, -0.2) is 25.5 Å². The number of carbonyl (C=O) groups is 1. The Balaban J connectivity index is 1.83. The molecule has 0 aliphatic carbocycles. The van der Waals surface area contributed by atoms with Crippen LogP contribution in [0.3, 0.4) is 0 Å². The molecule has 18 heavy (non-hydrogen) atoms. The molecule has 0 spiro atoms. The molecule has 0 saturated carbocycles. The number of carbonyl (C=O) groups excluding carboxylic acids is 1. The van der Waals surface area contributed by atoms with Crippen molar-refractivity contribution in [3.63, 3.8) is 0 Å². The molecule has 1 unspecified atom stereocenters. The van der Waals surface area contributed by atoms with Gasteiger partial charge in [0.15, 0.2) is 0 Å². The van der Waals surface area contributed by atoms with Crippen molar-refractivity contribution in [2.24, 2.45) is 5.92 Å². The van der Waals surface area contributed by atoms with Crippen LogP contribution in [0.5, 0.6) is 0 Å². The summed E-state index contributed by atoms with van der Waals surface area (Å²) in [5.41, 5.74) is 0.683. The molecule has 1 aliphatic heterocycles. The van der Waals surface area contributed by atoms with E-state index in [9.17, 15) is 4.79 Å². The van der Waals surface area contributed by atoms with Gasteiger partial charge in [-0.25, -0.2) is 0 Å². The smallest absolute Gasteiger partial charge is 0.252 e. The molecule has 0 aromatic heterocycles. The molecule has 2 rings (SSSR count). The van der Waals surface area contributed by atoms with Crippen LogP contribution in [0, 0.1) is 5.92 Å². The zero-order valence-electron chi connectivity index (χ0n) is 10.0. The van der Waals surface area contributed by atoms with Crippen LogP contribution in [0.4, 0.5) is 0 Å². The monoisotopic (exact) mass is 374 g/mol. The highest BCUT2D eigenvalue weighted by Crippen LogP contribution is 2.21. The second kappa shape index (κ2) is 6.68. The standard InChI is InChI=1S/C13H16Br2N2O/c14-10-1-2-11(12(15)7-10)13(18)17-6-4-9-3-5-16-8-9/h1-2,7,9,16H,3-6,8H2,(H,17,18). The summed E-state index contributed by atoms with van der Waals surface area (Å²) in [6.07, 6.45) is 2.27. The second-order valence-corrected chi connectivity index (χ2v) is 6.30. The van der Waals surface area contributed by atoms with E-state index < -0.39 is 0 Å². The van der Waals surface area contributed by atoms with Crippen molar-refractivity contribution in [3.05, 3.63) is 32.7 Å². The summed E-state index contributed by atoms with van der Waals surface area (Å²) >= 11 is 6.78. The van der Waals surface area contributed by atoms with Gasteiger partial charge in [-0.3, -0.25) is 4.79 Å². The normalized spacial score (nSPS) is 18.9. The van der Waals surface area contributed by atoms with E-state index in [0.717, 1.165) is 35.0 Å². The molecule has 1 atom stereocenters. The van der Waals surface area contributed by atoms with Crippen LogP contribution in [0.1, 0.15) is 23.2 Å². The molecule has 3 nitrogen and oxygen atoms in total. The third kappa shape index (κ3) is 3.80. The van der Waals surface area contributed by atoms with Gasteiger partial charge in [-0.2, -0.15) is 0 Å². The lowest BCUT2D eigenvalue weighted by atomic mass is 10.1. The maximum atomic E-state index is 12.0. The van der Waals surface area contributed by atoms with Crippen molar-refractivity contribution in [1.29, 1.82) is 0 Å². The molecule has 98 valence electrons. The van der Waals surface area contributed by atoms with Crippen molar-refractivity contribution in [1.82, 2.24) is 10.6 Å². The van der Waals surface area contributed by atoms with Gasteiger partial charge >= 0.3 is 0 Å². The minimum Gasteiger partial charge on any atom is -0.352 e. The second-order valence-electron chi connectivity index (χ2n) is 4.53. The van der Waals surface area contributed by atoms with Gasteiger partial charge in [-0.15, -0.1) is 0 Å². The van der Waals surface area contributed by atoms with Gasteiger partial charge in [0.1, 0.15) is 0 Å². The summed E-state index contributed by atoms with van der Waals surface area (Å²) in [5, 5.41) is 6.31. The van der Waals surface area contributed by atoms with Gasteiger partial charge in [0.25, 0.3) is 5.91 Å². The van der Waals surface area contributed by atoms with Gasteiger partial charge < -0.3 is 10.6 Å². The van der Waals surface area contributed by atoms with Crippen LogP contribution in [-0.2, 0) is 0 Å². The van der Waals surface area contributed by atoms with Crippen LogP contribution in [0.2, 0.25) is 0 Å². The van der Waals surface area contributed by atoms with Gasteiger partial charge in [-0.05, 0) is 66.0 Å². The van der Waals surface area contributed by atoms with Crippen molar-refractivity contribution < 1.29 is 4.79 Å². The molecular weight excluding hydrogens is 360 g/mol. The topological polar surface area (TPSA) is 41.1 Å². The van der Waals surface area contributed by atoms with E-state index in [-0.39, 0.29) is 5.91 Å². The number of amides is 1. The lowest BCUT2D eigenvalue weighted by molar-refractivity contribution is 0.0951. The van der Waals surface area contributed by atoms with E-state index in [1.807, 2.05) is 18.2 Å². The van der Waals surface area contributed by atoms with E-state index in [4.69, 9.17) is 0 Å². The molecule has 1 amide bonds. The lowest BCUT2D eigenvalue weighted by Crippen LogP contribution is -2.26. The quantitative estimate of drug-likeness (QED) is 0.849. The fourth-order valence-corrected chi connectivity index (χ4v) is 3.35. The van der Waals surface area contributed by atoms with E-state index in [2.05, 4.69) is 42.5 Å². The summed E-state index contributed by atoms with van der Waals surface area (Å²) in [4.78, 5) is 12.0. The summed E-state index contributed by atoms with van der Waals surface area (Å²) in [6, 6.07) is 5.58. The molecule has 1 aromatic carbocycles. The first-order valence-electron chi connectivity index (χ1n) is 6.11. The molecule has 1 fully saturated rings. The third-order valence-corrected chi connectivity index (χ3v) is 4.33. The average molecular weight is 376 g/mol. The van der Waals surface area contributed by atoms with Crippen molar-refractivity contribution >= 4 is 37.8 Å². The maximum Gasteiger partial charge on any atom is 0.252 e. The van der Waals surface area contributed by atoms with Gasteiger partial charge in [-0.1, -0.05) is 15.9 Å². The number of hydrogen-bond acceptors (Lipinski definition) is 2. The molecule has 1 saturated heterocycles. The molecule has 5 heteroatoms. The molecular formula is C13H16Br2N2O. The van der Waals surface area contributed by atoms with Crippen LogP contribution < -0.4 is 10.6 Å². The summed E-state index contributed by atoms with van der Waals surface area (Å²) in [6.45, 7) is 2.93. The zero-order valence-corrected chi connectivity index (χ0v) is 13.2. The highest BCUT2D eigenvalue weighted by molar-refractivity contribution is 9.11. The van der Waals surface area contributed by atoms with Crippen molar-refractivity contribution in [3.8, 4) is 0 Å². The number of rotatable bonds is 4. The summed E-state index contributed by atoms with van der Waals surface area (Å²) < 4.78 is 1.78. The van der Waals surface area contributed by atoms with Gasteiger partial charge in [0, 0.05) is 15.5 Å². The minimum atomic E-state index is -0.0136. The molecule has 1 aliphatic rings. The van der Waals surface area contributed by atoms with E-state index in [0.29, 0.717) is 11.5 Å². The SMILES string of the molecule is O=C(NCCC1CCNC1)c1ccc(Br)cc1Br. The third-order valence-electron chi connectivity index (χ3n) is 3.18. The average Bonchev–Trinajstić information content (AvgIpc) is 2.81. The van der Waals surface area contributed by atoms with Crippen molar-refractivity contribution in [2.45, 2.75) is 12.8 Å². The predicted molar refractivity (Wildman–Crippen MR) is 79.8 cm³/mol. The first-order valence-corrected chi connectivity index (χ1v) is 7.69. The Morgan fingerprint density at radius 3 is 2.94 bits per heavy atom. The summed E-state index contributed by atoms with van der Waals surface area (Å²) in [7, 11) is 0. The zero-order chi connectivity index (χ0) is 13.0. The Morgan fingerprint density at radius 1 is 1.44 bits per heavy atom. The predicted octanol–water partition coefficient (Wildman–Crippen LogP) is 2.94. The first-order chi connectivity index (χ1) is 8.66. The fourth-order valence-electron chi connectivity index (χ4n) is 2.12. The molecule has 0 radical (unpaired) electrons. The van der Waals surface area contributed by atoms with E-state index >= 15 is 0 Å². The van der Waals surface area contributed by atoms with E-state index in [1.54, 1.807) is 0 Å². The summed E-state index contributed by atoms with van der Waals surface area (Å²) in [5.74, 6) is 0.694. The first kappa shape index (κ1) is 14.0. The largest absolute Gasteiger partial charge is 0.352 e. The Bertz CT molecular complexity index is 431. The molecule has 1 heterocycles. The highest BCUT2D eigenvalue weighted by Gasteiger charge is 2.15. The lowest BCUT2D eigenvalue weighted by Gasteiger charge is -2.10. The number of halogens is 2. The maximum absolute atomic E-state index is 12.0. The van der Waals surface area contributed by atoms with Crippen LogP contribution in [0.25, 0.3) is 0 Å². The van der Waals surface area contributed by atoms with Crippen LogP contribution in [0.15, 0.2) is 27.1 Å².